The standard InChI is InChI=1S/C26H29N5O3.H3N/c1-28(2)12-17-31-23-7-5-4-6-21(23)24(22(18-27)26(31)33)29-13-15-30(16-14-29)25(32)19-8-10-20(34-3)11-9-19;/h4-11H,12-17H2,1-3H3;1H3. The third-order valence-electron chi connectivity index (χ3n) is 6.25. The van der Waals surface area contributed by atoms with E-state index in [1.165, 1.54) is 0 Å². The van der Waals surface area contributed by atoms with Crippen LogP contribution in [0.1, 0.15) is 15.9 Å². The molecule has 9 heteroatoms. The maximum Gasteiger partial charge on any atom is 0.271 e. The molecule has 0 radical (unpaired) electrons. The number of pyridine rings is 1. The zero-order chi connectivity index (χ0) is 24.2. The summed E-state index contributed by atoms with van der Waals surface area (Å²) in [5.41, 5.74) is 1.99. The van der Waals surface area contributed by atoms with Crippen molar-refractivity contribution in [2.45, 2.75) is 6.54 Å². The van der Waals surface area contributed by atoms with E-state index in [9.17, 15) is 14.9 Å². The fourth-order valence-electron chi connectivity index (χ4n) is 4.39. The Morgan fingerprint density at radius 3 is 2.31 bits per heavy atom. The lowest BCUT2D eigenvalue weighted by molar-refractivity contribution is 0.0747. The Morgan fingerprint density at radius 1 is 1.06 bits per heavy atom. The fourth-order valence-corrected chi connectivity index (χ4v) is 4.39. The van der Waals surface area contributed by atoms with Gasteiger partial charge in [-0.25, -0.2) is 0 Å². The van der Waals surface area contributed by atoms with Crippen LogP contribution in [0, 0.1) is 11.3 Å². The molecule has 2 aromatic carbocycles. The van der Waals surface area contributed by atoms with E-state index in [1.54, 1.807) is 35.9 Å². The van der Waals surface area contributed by atoms with Gasteiger partial charge in [-0.3, -0.25) is 9.59 Å². The number of carbonyl (C=O) groups is 1. The van der Waals surface area contributed by atoms with Crippen molar-refractivity contribution in [1.82, 2.24) is 20.5 Å². The summed E-state index contributed by atoms with van der Waals surface area (Å²) in [6.45, 7) is 3.30. The molecule has 3 aromatic rings. The number of amides is 1. The number of nitriles is 1. The van der Waals surface area contributed by atoms with Crippen molar-refractivity contribution in [2.24, 2.45) is 0 Å². The van der Waals surface area contributed by atoms with Crippen molar-refractivity contribution in [2.75, 3.05) is 58.8 Å². The van der Waals surface area contributed by atoms with Gasteiger partial charge < -0.3 is 30.2 Å². The van der Waals surface area contributed by atoms with E-state index in [1.807, 2.05) is 48.2 Å². The number of nitrogens with zero attached hydrogens (tertiary/aromatic N) is 5. The molecule has 0 aliphatic carbocycles. The fraction of sp³-hybridized carbons (Fsp3) is 0.346. The lowest BCUT2D eigenvalue weighted by Crippen LogP contribution is -2.49. The van der Waals surface area contributed by atoms with Gasteiger partial charge in [-0.2, -0.15) is 5.26 Å². The van der Waals surface area contributed by atoms with Gasteiger partial charge in [-0.1, -0.05) is 18.2 Å². The lowest BCUT2D eigenvalue weighted by Gasteiger charge is -2.37. The SMILES string of the molecule is COc1ccc(C(=O)N2CCN(c3c(C#N)c(=O)n(CCN(C)C)c4ccccc34)CC2)cc1.N. The second-order valence-corrected chi connectivity index (χ2v) is 8.62. The second kappa shape index (κ2) is 11.0. The minimum Gasteiger partial charge on any atom is -0.497 e. The van der Waals surface area contributed by atoms with Gasteiger partial charge in [0.15, 0.2) is 0 Å². The highest BCUT2D eigenvalue weighted by atomic mass is 16.5. The maximum atomic E-state index is 13.3. The number of ether oxygens (including phenoxy) is 1. The van der Waals surface area contributed by atoms with Crippen molar-refractivity contribution in [3.8, 4) is 11.8 Å². The first-order chi connectivity index (χ1) is 16.4. The van der Waals surface area contributed by atoms with E-state index in [0.717, 1.165) is 10.9 Å². The average molecular weight is 477 g/mol. The van der Waals surface area contributed by atoms with Gasteiger partial charge in [0, 0.05) is 50.2 Å². The van der Waals surface area contributed by atoms with E-state index >= 15 is 0 Å². The molecule has 0 spiro atoms. The molecule has 4 rings (SSSR count). The molecule has 1 aliphatic rings. The molecule has 0 saturated carbocycles. The van der Waals surface area contributed by atoms with Crippen molar-refractivity contribution in [3.63, 3.8) is 0 Å². The van der Waals surface area contributed by atoms with Gasteiger partial charge in [-0.05, 0) is 44.4 Å². The largest absolute Gasteiger partial charge is 0.497 e. The Balaban J connectivity index is 0.00000342. The Kier molecular flexibility index (Phi) is 8.12. The molecule has 0 atom stereocenters. The zero-order valence-electron chi connectivity index (χ0n) is 20.5. The summed E-state index contributed by atoms with van der Waals surface area (Å²) in [6, 6.07) is 17.0. The molecule has 2 heterocycles. The van der Waals surface area contributed by atoms with Crippen LogP contribution in [0.15, 0.2) is 53.3 Å². The number of para-hydroxylation sites is 1. The molecule has 1 aromatic heterocycles. The van der Waals surface area contributed by atoms with Crippen LogP contribution >= 0.6 is 0 Å². The highest BCUT2D eigenvalue weighted by molar-refractivity contribution is 5.96. The topological polar surface area (TPSA) is 117 Å². The monoisotopic (exact) mass is 476 g/mol. The third-order valence-corrected chi connectivity index (χ3v) is 6.25. The Bertz CT molecular complexity index is 1290. The average Bonchev–Trinajstić information content (AvgIpc) is 2.87. The summed E-state index contributed by atoms with van der Waals surface area (Å²) in [5.74, 6) is 0.671. The summed E-state index contributed by atoms with van der Waals surface area (Å²) in [7, 11) is 5.51. The van der Waals surface area contributed by atoms with Gasteiger partial charge in [0.25, 0.3) is 11.5 Å². The number of rotatable bonds is 6. The normalized spacial score (nSPS) is 13.5. The number of piperazine rings is 1. The number of carbonyl (C=O) groups excluding carboxylic acids is 1. The number of hydrogen-bond donors (Lipinski definition) is 1. The number of aromatic nitrogens is 1. The van der Waals surface area contributed by atoms with E-state index in [4.69, 9.17) is 4.74 Å². The highest BCUT2D eigenvalue weighted by Crippen LogP contribution is 2.30. The summed E-state index contributed by atoms with van der Waals surface area (Å²) in [6.07, 6.45) is 0. The minimum absolute atomic E-state index is 0. The first-order valence-corrected chi connectivity index (χ1v) is 11.3. The van der Waals surface area contributed by atoms with Gasteiger partial charge in [0.2, 0.25) is 0 Å². The predicted molar refractivity (Wildman–Crippen MR) is 138 cm³/mol. The quantitative estimate of drug-likeness (QED) is 0.581. The molecule has 0 unspecified atom stereocenters. The molecule has 1 amide bonds. The first-order valence-electron chi connectivity index (χ1n) is 11.3. The minimum atomic E-state index is -0.269. The van der Waals surface area contributed by atoms with Gasteiger partial charge in [0.05, 0.1) is 18.3 Å². The van der Waals surface area contributed by atoms with Crippen molar-refractivity contribution in [1.29, 1.82) is 5.26 Å². The number of methoxy groups -OCH3 is 1. The van der Waals surface area contributed by atoms with Crippen LogP contribution in [-0.4, -0.2) is 74.2 Å². The van der Waals surface area contributed by atoms with Crippen LogP contribution in [-0.2, 0) is 6.54 Å². The Hall–Kier alpha value is -3.87. The summed E-state index contributed by atoms with van der Waals surface area (Å²) >= 11 is 0. The molecule has 9 nitrogen and oxygen atoms in total. The predicted octanol–water partition coefficient (Wildman–Crippen LogP) is 2.57. The zero-order valence-corrected chi connectivity index (χ0v) is 20.5. The van der Waals surface area contributed by atoms with E-state index < -0.39 is 0 Å². The van der Waals surface area contributed by atoms with Gasteiger partial charge >= 0.3 is 0 Å². The van der Waals surface area contributed by atoms with E-state index in [2.05, 4.69) is 11.0 Å². The van der Waals surface area contributed by atoms with Gasteiger partial charge in [-0.15, -0.1) is 0 Å². The number of likely N-dealkylation sites (N-methyl/N-ethyl adjacent to an activating group) is 1. The van der Waals surface area contributed by atoms with E-state index in [0.29, 0.717) is 56.3 Å². The van der Waals surface area contributed by atoms with Crippen molar-refractivity contribution < 1.29 is 9.53 Å². The number of benzene rings is 2. The molecule has 3 N–H and O–H groups in total. The molecule has 1 fully saturated rings. The third kappa shape index (κ3) is 5.14. The summed E-state index contributed by atoms with van der Waals surface area (Å²) in [4.78, 5) is 32.2. The maximum absolute atomic E-state index is 13.3. The van der Waals surface area contributed by atoms with Crippen LogP contribution in [0.5, 0.6) is 5.75 Å². The number of fused-ring (bicyclic) bond motifs is 1. The van der Waals surface area contributed by atoms with Gasteiger partial charge in [0.1, 0.15) is 17.4 Å². The van der Waals surface area contributed by atoms with E-state index in [-0.39, 0.29) is 23.2 Å². The van der Waals surface area contributed by atoms with Crippen molar-refractivity contribution >= 4 is 22.5 Å². The second-order valence-electron chi connectivity index (χ2n) is 8.62. The van der Waals surface area contributed by atoms with Crippen molar-refractivity contribution in [3.05, 3.63) is 70.0 Å². The number of anilines is 1. The van der Waals surface area contributed by atoms with Crippen LogP contribution in [0.3, 0.4) is 0 Å². The van der Waals surface area contributed by atoms with Crippen LogP contribution in [0.4, 0.5) is 5.69 Å². The molecule has 0 bridgehead atoms. The Labute approximate surface area is 205 Å². The molecule has 35 heavy (non-hydrogen) atoms. The summed E-state index contributed by atoms with van der Waals surface area (Å²) < 4.78 is 6.87. The number of hydrogen-bond acceptors (Lipinski definition) is 7. The molecular formula is C26H32N6O3. The highest BCUT2D eigenvalue weighted by Gasteiger charge is 2.27. The van der Waals surface area contributed by atoms with Crippen LogP contribution in [0.2, 0.25) is 0 Å². The molecule has 1 aliphatic heterocycles. The Morgan fingerprint density at radius 2 is 1.71 bits per heavy atom. The van der Waals surface area contributed by atoms with Crippen LogP contribution in [0.25, 0.3) is 10.9 Å². The molecule has 1 saturated heterocycles. The van der Waals surface area contributed by atoms with Crippen LogP contribution < -0.4 is 21.3 Å². The lowest BCUT2D eigenvalue weighted by atomic mass is 10.1. The molecule has 184 valence electrons. The molecular weight excluding hydrogens is 444 g/mol. The first kappa shape index (κ1) is 25.7. The summed E-state index contributed by atoms with van der Waals surface area (Å²) in [5, 5.41) is 10.8. The smallest absolute Gasteiger partial charge is 0.271 e.